The Balaban J connectivity index is 2.22. The zero-order valence-corrected chi connectivity index (χ0v) is 10.7. The summed E-state index contributed by atoms with van der Waals surface area (Å²) in [5.74, 6) is -0.872. The molecule has 1 saturated carbocycles. The van der Waals surface area contributed by atoms with E-state index < -0.39 is 17.5 Å². The van der Waals surface area contributed by atoms with Crippen LogP contribution in [-0.4, -0.2) is 54.4 Å². The molecule has 2 fully saturated rings. The fourth-order valence-corrected chi connectivity index (χ4v) is 2.77. The largest absolute Gasteiger partial charge is 0.404 e. The fraction of sp³-hybridized carbons (Fsp3) is 0.917. The van der Waals surface area contributed by atoms with Gasteiger partial charge >= 0.3 is 6.18 Å². The van der Waals surface area contributed by atoms with Crippen LogP contribution < -0.4 is 5.32 Å². The molecule has 7 heteroatoms. The van der Waals surface area contributed by atoms with Crippen LogP contribution in [0.25, 0.3) is 0 Å². The maximum absolute atomic E-state index is 13.3. The second kappa shape index (κ2) is 5.28. The van der Waals surface area contributed by atoms with E-state index in [1.54, 1.807) is 0 Å². The predicted octanol–water partition coefficient (Wildman–Crippen LogP) is 0.902. The smallest absolute Gasteiger partial charge is 0.395 e. The van der Waals surface area contributed by atoms with Crippen molar-refractivity contribution in [2.24, 2.45) is 5.41 Å². The summed E-state index contributed by atoms with van der Waals surface area (Å²) in [6.07, 6.45) is -2.38. The lowest BCUT2D eigenvalue weighted by Crippen LogP contribution is -2.57. The van der Waals surface area contributed by atoms with Gasteiger partial charge in [-0.25, -0.2) is 0 Å². The number of carbonyl (C=O) groups excluding carboxylic acids is 1. The molecule has 19 heavy (non-hydrogen) atoms. The van der Waals surface area contributed by atoms with Crippen molar-refractivity contribution in [2.45, 2.75) is 37.9 Å². The first-order valence-electron chi connectivity index (χ1n) is 6.62. The maximum atomic E-state index is 13.3. The van der Waals surface area contributed by atoms with Gasteiger partial charge in [-0.15, -0.1) is 0 Å². The lowest BCUT2D eigenvalue weighted by molar-refractivity contribution is -0.223. The Morgan fingerprint density at radius 3 is 2.47 bits per heavy atom. The number of nitrogens with zero attached hydrogens (tertiary/aromatic N) is 1. The van der Waals surface area contributed by atoms with Gasteiger partial charge in [0.1, 0.15) is 0 Å². The van der Waals surface area contributed by atoms with Crippen LogP contribution in [0.3, 0.4) is 0 Å². The highest BCUT2D eigenvalue weighted by atomic mass is 19.4. The monoisotopic (exact) mass is 280 g/mol. The van der Waals surface area contributed by atoms with Gasteiger partial charge in [-0.2, -0.15) is 13.2 Å². The highest BCUT2D eigenvalue weighted by Gasteiger charge is 2.62. The molecular weight excluding hydrogens is 261 g/mol. The Labute approximate surface area is 110 Å². The normalized spacial score (nSPS) is 28.2. The number of rotatable bonds is 4. The number of nitrogens with one attached hydrogen (secondary N) is 1. The van der Waals surface area contributed by atoms with Gasteiger partial charge < -0.3 is 15.3 Å². The lowest BCUT2D eigenvalue weighted by Gasteiger charge is -2.42. The molecule has 2 aliphatic rings. The molecule has 1 aliphatic heterocycles. The molecule has 1 amide bonds. The predicted molar refractivity (Wildman–Crippen MR) is 62.4 cm³/mol. The molecular formula is C12H19F3N2O2. The minimum Gasteiger partial charge on any atom is -0.395 e. The molecule has 0 bridgehead atoms. The number of amides is 1. The van der Waals surface area contributed by atoms with E-state index in [0.717, 1.165) is 19.3 Å². The van der Waals surface area contributed by atoms with Crippen LogP contribution in [0.2, 0.25) is 0 Å². The van der Waals surface area contributed by atoms with Crippen molar-refractivity contribution in [3.8, 4) is 0 Å². The van der Waals surface area contributed by atoms with Crippen molar-refractivity contribution in [3.05, 3.63) is 0 Å². The fourth-order valence-electron chi connectivity index (χ4n) is 2.77. The van der Waals surface area contributed by atoms with Crippen molar-refractivity contribution in [3.63, 3.8) is 0 Å². The van der Waals surface area contributed by atoms with Crippen molar-refractivity contribution >= 4 is 5.91 Å². The van der Waals surface area contributed by atoms with Gasteiger partial charge in [-0.1, -0.05) is 0 Å². The van der Waals surface area contributed by atoms with E-state index >= 15 is 0 Å². The minimum absolute atomic E-state index is 0.0126. The van der Waals surface area contributed by atoms with Crippen LogP contribution in [0.5, 0.6) is 0 Å². The van der Waals surface area contributed by atoms with E-state index in [1.807, 2.05) is 0 Å². The van der Waals surface area contributed by atoms with Gasteiger partial charge in [-0.05, 0) is 32.2 Å². The molecule has 1 heterocycles. The number of hydrogen-bond donors (Lipinski definition) is 2. The SMILES string of the molecule is O=C(N(CCO)C1CCC1)C1(C(F)(F)F)CCNC1. The average Bonchev–Trinajstić information content (AvgIpc) is 2.74. The third-order valence-corrected chi connectivity index (χ3v) is 4.22. The summed E-state index contributed by atoms with van der Waals surface area (Å²) in [7, 11) is 0. The highest BCUT2D eigenvalue weighted by molar-refractivity contribution is 5.84. The summed E-state index contributed by atoms with van der Waals surface area (Å²) in [6.45, 7) is -0.474. The first-order chi connectivity index (χ1) is 8.92. The van der Waals surface area contributed by atoms with Gasteiger partial charge in [0.05, 0.1) is 6.61 Å². The second-order valence-electron chi connectivity index (χ2n) is 5.31. The number of halogens is 3. The molecule has 2 rings (SSSR count). The highest BCUT2D eigenvalue weighted by Crippen LogP contribution is 2.45. The van der Waals surface area contributed by atoms with E-state index in [1.165, 1.54) is 4.90 Å². The molecule has 4 nitrogen and oxygen atoms in total. The number of aliphatic hydroxyl groups is 1. The van der Waals surface area contributed by atoms with E-state index in [0.29, 0.717) is 0 Å². The zero-order chi connectivity index (χ0) is 14.1. The average molecular weight is 280 g/mol. The summed E-state index contributed by atoms with van der Waals surface area (Å²) in [5, 5.41) is 11.6. The van der Waals surface area contributed by atoms with Crippen molar-refractivity contribution in [1.29, 1.82) is 0 Å². The minimum atomic E-state index is -4.55. The quantitative estimate of drug-likeness (QED) is 0.804. The first kappa shape index (κ1) is 14.6. The van der Waals surface area contributed by atoms with Crippen molar-refractivity contribution < 1.29 is 23.1 Å². The van der Waals surface area contributed by atoms with Crippen molar-refractivity contribution in [2.75, 3.05) is 26.2 Å². The Kier molecular flexibility index (Phi) is 4.06. The van der Waals surface area contributed by atoms with E-state index in [-0.39, 0.29) is 38.7 Å². The first-order valence-corrected chi connectivity index (χ1v) is 6.62. The molecule has 1 unspecified atom stereocenters. The van der Waals surface area contributed by atoms with Gasteiger partial charge in [-0.3, -0.25) is 4.79 Å². The lowest BCUT2D eigenvalue weighted by atomic mass is 9.82. The summed E-state index contributed by atoms with van der Waals surface area (Å²) >= 11 is 0. The van der Waals surface area contributed by atoms with Crippen LogP contribution in [-0.2, 0) is 4.79 Å². The van der Waals surface area contributed by atoms with Crippen LogP contribution in [0.1, 0.15) is 25.7 Å². The topological polar surface area (TPSA) is 52.6 Å². The number of hydrogen-bond acceptors (Lipinski definition) is 3. The van der Waals surface area contributed by atoms with Gasteiger partial charge in [0.25, 0.3) is 0 Å². The number of aliphatic hydroxyl groups excluding tert-OH is 1. The molecule has 0 aromatic rings. The Morgan fingerprint density at radius 2 is 2.11 bits per heavy atom. The molecule has 1 atom stereocenters. The standard InChI is InChI=1S/C12H19F3N2O2/c13-12(14,15)11(4-5-16-8-11)10(19)17(6-7-18)9-2-1-3-9/h9,16,18H,1-8H2. The van der Waals surface area contributed by atoms with E-state index in [9.17, 15) is 18.0 Å². The van der Waals surface area contributed by atoms with Crippen LogP contribution in [0, 0.1) is 5.41 Å². The second-order valence-corrected chi connectivity index (χ2v) is 5.31. The van der Waals surface area contributed by atoms with Crippen LogP contribution in [0.4, 0.5) is 13.2 Å². The maximum Gasteiger partial charge on any atom is 0.404 e. The molecule has 0 radical (unpaired) electrons. The summed E-state index contributed by atoms with van der Waals surface area (Å²) < 4.78 is 39.9. The third kappa shape index (κ3) is 2.45. The van der Waals surface area contributed by atoms with Gasteiger partial charge in [0, 0.05) is 19.1 Å². The number of carbonyl (C=O) groups is 1. The Morgan fingerprint density at radius 1 is 1.42 bits per heavy atom. The number of alkyl halides is 3. The molecule has 1 saturated heterocycles. The van der Waals surface area contributed by atoms with E-state index in [4.69, 9.17) is 5.11 Å². The Bertz CT molecular complexity index is 336. The van der Waals surface area contributed by atoms with Crippen LogP contribution >= 0.6 is 0 Å². The molecule has 110 valence electrons. The molecule has 0 aromatic carbocycles. The summed E-state index contributed by atoms with van der Waals surface area (Å²) in [5.41, 5.74) is -2.31. The molecule has 1 aliphatic carbocycles. The molecule has 0 spiro atoms. The summed E-state index contributed by atoms with van der Waals surface area (Å²) in [6, 6.07) is -0.139. The van der Waals surface area contributed by atoms with Gasteiger partial charge in [0.2, 0.25) is 5.91 Å². The molecule has 0 aromatic heterocycles. The van der Waals surface area contributed by atoms with Crippen LogP contribution in [0.15, 0.2) is 0 Å². The van der Waals surface area contributed by atoms with Gasteiger partial charge in [0.15, 0.2) is 5.41 Å². The van der Waals surface area contributed by atoms with E-state index in [2.05, 4.69) is 5.32 Å². The Hall–Kier alpha value is -0.820. The van der Waals surface area contributed by atoms with Crippen molar-refractivity contribution in [1.82, 2.24) is 10.2 Å². The molecule has 2 N–H and O–H groups in total. The third-order valence-electron chi connectivity index (χ3n) is 4.22. The summed E-state index contributed by atoms with van der Waals surface area (Å²) in [4.78, 5) is 13.6. The zero-order valence-electron chi connectivity index (χ0n) is 10.7.